The number of carbonyl (C=O) groups is 2. The Morgan fingerprint density at radius 2 is 2.00 bits per heavy atom. The average Bonchev–Trinajstić information content (AvgIpc) is 3.28. The highest BCUT2D eigenvalue weighted by Crippen LogP contribution is 2.32. The van der Waals surface area contributed by atoms with Crippen LogP contribution >= 0.6 is 0 Å². The number of nitrogens with one attached hydrogen (secondary N) is 1. The number of hydrogen-bond acceptors (Lipinski definition) is 7. The number of allylic oxidation sites excluding steroid dienone is 1. The van der Waals surface area contributed by atoms with Crippen molar-refractivity contribution in [1.82, 2.24) is 5.16 Å². The minimum absolute atomic E-state index is 0.00202. The number of cyclic esters (lactones) is 1. The fraction of sp³-hybridized carbons (Fsp3) is 0.316. The minimum atomic E-state index is -1.15. The number of amides is 1. The molecule has 3 heterocycles. The number of carbonyl (C=O) groups excluding carboxylic acids is 2. The molecule has 0 aliphatic carbocycles. The van der Waals surface area contributed by atoms with Crippen molar-refractivity contribution in [2.75, 3.05) is 34.8 Å². The van der Waals surface area contributed by atoms with Crippen molar-refractivity contribution in [3.63, 3.8) is 0 Å². The van der Waals surface area contributed by atoms with E-state index in [-0.39, 0.29) is 43.2 Å². The first-order valence-electron chi connectivity index (χ1n) is 9.03. The van der Waals surface area contributed by atoms with Crippen molar-refractivity contribution >= 4 is 29.1 Å². The molecule has 1 aromatic heterocycles. The van der Waals surface area contributed by atoms with E-state index in [1.54, 1.807) is 13.0 Å². The lowest BCUT2D eigenvalue weighted by atomic mass is 10.1. The Balaban J connectivity index is 1.47. The quantitative estimate of drug-likeness (QED) is 0.820. The molecule has 8 nitrogen and oxygen atoms in total. The van der Waals surface area contributed by atoms with Gasteiger partial charge in [0.2, 0.25) is 0 Å². The third kappa shape index (κ3) is 3.78. The SMILES string of the molecule is Cc1cc(NC[C@H]2CN(c3ccc(N4C=CC(=O)CC4)c(F)c3F)C(=O)O2)no1. The third-order valence-electron chi connectivity index (χ3n) is 4.69. The Bertz CT molecular complexity index is 991. The van der Waals surface area contributed by atoms with E-state index in [2.05, 4.69) is 10.5 Å². The topological polar surface area (TPSA) is 87.9 Å². The van der Waals surface area contributed by atoms with Crippen molar-refractivity contribution in [2.24, 2.45) is 0 Å². The van der Waals surface area contributed by atoms with Crippen molar-refractivity contribution in [3.8, 4) is 0 Å². The van der Waals surface area contributed by atoms with Crippen LogP contribution in [0.3, 0.4) is 0 Å². The minimum Gasteiger partial charge on any atom is -0.442 e. The molecular weight excluding hydrogens is 386 g/mol. The van der Waals surface area contributed by atoms with E-state index in [1.807, 2.05) is 0 Å². The zero-order valence-electron chi connectivity index (χ0n) is 15.5. The first kappa shape index (κ1) is 18.9. The van der Waals surface area contributed by atoms with E-state index in [1.165, 1.54) is 29.3 Å². The Hall–Kier alpha value is -3.43. The second-order valence-electron chi connectivity index (χ2n) is 6.78. The van der Waals surface area contributed by atoms with E-state index in [9.17, 15) is 18.4 Å². The monoisotopic (exact) mass is 404 g/mol. The van der Waals surface area contributed by atoms with Crippen LogP contribution in [0.2, 0.25) is 0 Å². The van der Waals surface area contributed by atoms with E-state index in [0.717, 1.165) is 4.90 Å². The van der Waals surface area contributed by atoms with Crippen molar-refractivity contribution in [1.29, 1.82) is 0 Å². The second-order valence-corrected chi connectivity index (χ2v) is 6.78. The van der Waals surface area contributed by atoms with Crippen LogP contribution in [0.25, 0.3) is 0 Å². The number of ketones is 1. The molecule has 0 spiro atoms. The van der Waals surface area contributed by atoms with E-state index >= 15 is 0 Å². The van der Waals surface area contributed by atoms with Crippen LogP contribution in [0, 0.1) is 18.6 Å². The van der Waals surface area contributed by atoms with Gasteiger partial charge in [-0.25, -0.2) is 13.6 Å². The fourth-order valence-corrected chi connectivity index (χ4v) is 3.21. The Morgan fingerprint density at radius 1 is 1.24 bits per heavy atom. The first-order valence-corrected chi connectivity index (χ1v) is 9.03. The summed E-state index contributed by atoms with van der Waals surface area (Å²) in [5.74, 6) is -1.19. The highest BCUT2D eigenvalue weighted by molar-refractivity contribution is 5.92. The summed E-state index contributed by atoms with van der Waals surface area (Å²) in [4.78, 5) is 26.0. The molecule has 1 atom stereocenters. The van der Waals surface area contributed by atoms with Crippen LogP contribution in [-0.4, -0.2) is 42.8 Å². The molecule has 0 radical (unpaired) electrons. The molecule has 2 aromatic rings. The van der Waals surface area contributed by atoms with Gasteiger partial charge < -0.3 is 19.5 Å². The van der Waals surface area contributed by atoms with Crippen LogP contribution in [0.1, 0.15) is 12.2 Å². The molecule has 0 saturated carbocycles. The number of anilines is 3. The van der Waals surface area contributed by atoms with Gasteiger partial charge in [0.1, 0.15) is 11.9 Å². The Morgan fingerprint density at radius 3 is 2.69 bits per heavy atom. The van der Waals surface area contributed by atoms with Crippen LogP contribution in [0.4, 0.5) is 30.8 Å². The maximum Gasteiger partial charge on any atom is 0.414 e. The molecule has 1 amide bonds. The van der Waals surface area contributed by atoms with Crippen molar-refractivity contribution in [2.45, 2.75) is 19.4 Å². The predicted octanol–water partition coefficient (Wildman–Crippen LogP) is 2.99. The van der Waals surface area contributed by atoms with Crippen molar-refractivity contribution in [3.05, 3.63) is 47.9 Å². The zero-order valence-corrected chi connectivity index (χ0v) is 15.5. The molecule has 2 aliphatic heterocycles. The summed E-state index contributed by atoms with van der Waals surface area (Å²) < 4.78 is 39.5. The van der Waals surface area contributed by atoms with Gasteiger partial charge in [0.15, 0.2) is 23.2 Å². The summed E-state index contributed by atoms with van der Waals surface area (Å²) in [5.41, 5.74) is -0.199. The molecule has 10 heteroatoms. The maximum atomic E-state index is 14.7. The van der Waals surface area contributed by atoms with Crippen LogP contribution < -0.4 is 15.1 Å². The second kappa shape index (κ2) is 7.53. The molecular formula is C19H18F2N4O4. The van der Waals surface area contributed by atoms with Gasteiger partial charge in [-0.1, -0.05) is 5.16 Å². The lowest BCUT2D eigenvalue weighted by Crippen LogP contribution is -2.29. The lowest BCUT2D eigenvalue weighted by Gasteiger charge is -2.24. The molecule has 1 aromatic carbocycles. The predicted molar refractivity (Wildman–Crippen MR) is 99.8 cm³/mol. The Labute approximate surface area is 164 Å². The van der Waals surface area contributed by atoms with E-state index in [4.69, 9.17) is 9.26 Å². The number of benzene rings is 1. The summed E-state index contributed by atoms with van der Waals surface area (Å²) in [7, 11) is 0. The highest BCUT2D eigenvalue weighted by Gasteiger charge is 2.35. The van der Waals surface area contributed by atoms with Gasteiger partial charge in [-0.2, -0.15) is 0 Å². The number of hydrogen-bond donors (Lipinski definition) is 1. The van der Waals surface area contributed by atoms with Crippen LogP contribution in [0.5, 0.6) is 0 Å². The first-order chi connectivity index (χ1) is 13.9. The summed E-state index contributed by atoms with van der Waals surface area (Å²) in [6.07, 6.45) is 1.62. The zero-order chi connectivity index (χ0) is 20.5. The van der Waals surface area contributed by atoms with Gasteiger partial charge >= 0.3 is 6.09 Å². The van der Waals surface area contributed by atoms with Crippen LogP contribution in [0.15, 0.2) is 35.0 Å². The normalized spacial score (nSPS) is 19.1. The van der Waals surface area contributed by atoms with Gasteiger partial charge in [-0.3, -0.25) is 9.69 Å². The number of nitrogens with zero attached hydrogens (tertiary/aromatic N) is 3. The van der Waals surface area contributed by atoms with Gasteiger partial charge in [0.05, 0.1) is 24.5 Å². The number of ether oxygens (including phenoxy) is 1. The number of aromatic nitrogens is 1. The molecule has 1 fully saturated rings. The number of aryl methyl sites for hydroxylation is 1. The summed E-state index contributed by atoms with van der Waals surface area (Å²) >= 11 is 0. The average molecular weight is 404 g/mol. The molecule has 152 valence electrons. The van der Waals surface area contributed by atoms with Gasteiger partial charge in [-0.15, -0.1) is 0 Å². The highest BCUT2D eigenvalue weighted by atomic mass is 19.2. The smallest absolute Gasteiger partial charge is 0.414 e. The van der Waals surface area contributed by atoms with E-state index in [0.29, 0.717) is 11.6 Å². The third-order valence-corrected chi connectivity index (χ3v) is 4.69. The van der Waals surface area contributed by atoms with Gasteiger partial charge in [-0.05, 0) is 25.1 Å². The Kier molecular flexibility index (Phi) is 4.91. The molecule has 0 bridgehead atoms. The van der Waals surface area contributed by atoms with Gasteiger partial charge in [0.25, 0.3) is 0 Å². The lowest BCUT2D eigenvalue weighted by molar-refractivity contribution is -0.114. The summed E-state index contributed by atoms with van der Waals surface area (Å²) in [6.45, 7) is 2.29. The van der Waals surface area contributed by atoms with E-state index < -0.39 is 23.8 Å². The van der Waals surface area contributed by atoms with Crippen molar-refractivity contribution < 1.29 is 27.6 Å². The molecule has 2 aliphatic rings. The largest absolute Gasteiger partial charge is 0.442 e. The van der Waals surface area contributed by atoms with Gasteiger partial charge in [0, 0.05) is 25.2 Å². The summed E-state index contributed by atoms with van der Waals surface area (Å²) in [5, 5.41) is 6.74. The fourth-order valence-electron chi connectivity index (χ4n) is 3.21. The molecule has 1 N–H and O–H groups in total. The maximum absolute atomic E-state index is 14.7. The molecule has 4 rings (SSSR count). The number of halogens is 2. The summed E-state index contributed by atoms with van der Waals surface area (Å²) in [6, 6.07) is 4.39. The molecule has 1 saturated heterocycles. The molecule has 29 heavy (non-hydrogen) atoms. The number of rotatable bonds is 5. The molecule has 0 unspecified atom stereocenters. The van der Waals surface area contributed by atoms with Crippen LogP contribution in [-0.2, 0) is 9.53 Å². The standard InChI is InChI=1S/C19H18F2N4O4/c1-11-8-16(23-29-11)22-9-13-10-25(19(27)28-13)15-3-2-14(17(20)18(15)21)24-6-4-12(26)5-7-24/h2-4,6,8,13H,5,7,9-10H2,1H3,(H,22,23)/t13-/m0/s1.